The number of para-hydroxylation sites is 1. The van der Waals surface area contributed by atoms with E-state index >= 15 is 0 Å². The number of nitrogens with one attached hydrogen (secondary N) is 1. The van der Waals surface area contributed by atoms with Crippen molar-refractivity contribution in [1.29, 1.82) is 0 Å². The molecule has 0 spiro atoms. The zero-order valence-electron chi connectivity index (χ0n) is 12.9. The van der Waals surface area contributed by atoms with E-state index in [9.17, 15) is 4.79 Å². The quantitative estimate of drug-likeness (QED) is 0.754. The number of nitrogens with zero attached hydrogens (tertiary/aromatic N) is 2. The van der Waals surface area contributed by atoms with Gasteiger partial charge in [-0.05, 0) is 37.3 Å². The molecule has 1 N–H and O–H groups in total. The van der Waals surface area contributed by atoms with Crippen molar-refractivity contribution in [2.24, 2.45) is 5.92 Å². The van der Waals surface area contributed by atoms with Crippen molar-refractivity contribution in [2.45, 2.75) is 19.3 Å². The van der Waals surface area contributed by atoms with Gasteiger partial charge in [0.15, 0.2) is 0 Å². The molecule has 3 rings (SSSR count). The summed E-state index contributed by atoms with van der Waals surface area (Å²) in [5.41, 5.74) is 0.929. The Morgan fingerprint density at radius 1 is 1.30 bits per heavy atom. The summed E-state index contributed by atoms with van der Waals surface area (Å²) in [7, 11) is 0. The van der Waals surface area contributed by atoms with E-state index in [0.717, 1.165) is 25.6 Å². The largest absolute Gasteiger partial charge is 0.382 e. The van der Waals surface area contributed by atoms with E-state index in [2.05, 4.69) is 10.4 Å². The van der Waals surface area contributed by atoms with Gasteiger partial charge in [-0.3, -0.25) is 4.79 Å². The molecule has 1 aromatic heterocycles. The minimum absolute atomic E-state index is 0.155. The van der Waals surface area contributed by atoms with E-state index in [1.165, 1.54) is 17.5 Å². The average Bonchev–Trinajstić information content (AvgIpc) is 3.40. The lowest BCUT2D eigenvalue weighted by Crippen LogP contribution is -2.23. The molecule has 1 aliphatic carbocycles. The van der Waals surface area contributed by atoms with Crippen molar-refractivity contribution in [2.75, 3.05) is 25.1 Å². The number of anilines is 1. The van der Waals surface area contributed by atoms with E-state index in [1.807, 2.05) is 30.3 Å². The second kappa shape index (κ2) is 7.62. The average molecular weight is 334 g/mol. The SMILES string of the molecule is O=c1c(Cl)c(NCCCOCC2CC2)cnn1-c1ccccc1. The Hall–Kier alpha value is -1.85. The normalized spacial score (nSPS) is 14.0. The van der Waals surface area contributed by atoms with Crippen molar-refractivity contribution in [3.63, 3.8) is 0 Å². The minimum atomic E-state index is -0.326. The van der Waals surface area contributed by atoms with E-state index in [0.29, 0.717) is 17.9 Å². The summed E-state index contributed by atoms with van der Waals surface area (Å²) in [5, 5.41) is 7.49. The molecule has 0 radical (unpaired) electrons. The van der Waals surface area contributed by atoms with Gasteiger partial charge in [0.25, 0.3) is 5.56 Å². The molecule has 2 aromatic rings. The molecule has 1 fully saturated rings. The van der Waals surface area contributed by atoms with Gasteiger partial charge in [-0.1, -0.05) is 29.8 Å². The van der Waals surface area contributed by atoms with E-state index in [1.54, 1.807) is 6.20 Å². The smallest absolute Gasteiger partial charge is 0.292 e. The van der Waals surface area contributed by atoms with E-state index < -0.39 is 0 Å². The first-order chi connectivity index (χ1) is 11.3. The zero-order chi connectivity index (χ0) is 16.1. The second-order valence-electron chi connectivity index (χ2n) is 5.72. The standard InChI is InChI=1S/C17H20ClN3O2/c18-16-15(19-9-4-10-23-12-13-7-8-13)11-20-21(17(16)22)14-5-2-1-3-6-14/h1-3,5-6,11,13,19H,4,7-10,12H2. The maximum Gasteiger partial charge on any atom is 0.292 e. The van der Waals surface area contributed by atoms with Gasteiger partial charge in [-0.15, -0.1) is 0 Å². The molecule has 1 saturated carbocycles. The van der Waals surface area contributed by atoms with Crippen LogP contribution in [-0.4, -0.2) is 29.5 Å². The van der Waals surface area contributed by atoms with Crippen molar-refractivity contribution in [3.05, 3.63) is 51.9 Å². The lowest BCUT2D eigenvalue weighted by molar-refractivity contribution is 0.124. The van der Waals surface area contributed by atoms with Gasteiger partial charge in [-0.25, -0.2) is 0 Å². The summed E-state index contributed by atoms with van der Waals surface area (Å²) >= 11 is 6.17. The van der Waals surface area contributed by atoms with Crippen LogP contribution in [0.4, 0.5) is 5.69 Å². The van der Waals surface area contributed by atoms with Gasteiger partial charge in [0.05, 0.1) is 17.6 Å². The highest BCUT2D eigenvalue weighted by Crippen LogP contribution is 2.28. The number of aromatic nitrogens is 2. The fourth-order valence-corrected chi connectivity index (χ4v) is 2.44. The number of rotatable bonds is 8. The number of halogens is 1. The van der Waals surface area contributed by atoms with Crippen molar-refractivity contribution >= 4 is 17.3 Å². The van der Waals surface area contributed by atoms with E-state index in [-0.39, 0.29) is 10.6 Å². The van der Waals surface area contributed by atoms with Crippen LogP contribution in [0.2, 0.25) is 5.02 Å². The number of ether oxygens (including phenoxy) is 1. The molecule has 0 amide bonds. The molecule has 5 nitrogen and oxygen atoms in total. The number of hydrogen-bond donors (Lipinski definition) is 1. The van der Waals surface area contributed by atoms with Gasteiger partial charge in [0.2, 0.25) is 0 Å². The molecule has 6 heteroatoms. The van der Waals surface area contributed by atoms with Crippen LogP contribution < -0.4 is 10.9 Å². The van der Waals surface area contributed by atoms with Crippen LogP contribution in [0.25, 0.3) is 5.69 Å². The van der Waals surface area contributed by atoms with Crippen molar-refractivity contribution in [1.82, 2.24) is 9.78 Å². The van der Waals surface area contributed by atoms with Gasteiger partial charge >= 0.3 is 0 Å². The van der Waals surface area contributed by atoms with Crippen LogP contribution in [0.15, 0.2) is 41.3 Å². The summed E-state index contributed by atoms with van der Waals surface area (Å²) in [5.74, 6) is 0.784. The Bertz CT molecular complexity index is 699. The molecule has 1 heterocycles. The summed E-state index contributed by atoms with van der Waals surface area (Å²) < 4.78 is 6.87. The van der Waals surface area contributed by atoms with Crippen LogP contribution in [0.5, 0.6) is 0 Å². The molecular weight excluding hydrogens is 314 g/mol. The van der Waals surface area contributed by atoms with Gasteiger partial charge < -0.3 is 10.1 Å². The monoisotopic (exact) mass is 333 g/mol. The molecule has 23 heavy (non-hydrogen) atoms. The minimum Gasteiger partial charge on any atom is -0.382 e. The molecule has 122 valence electrons. The summed E-state index contributed by atoms with van der Waals surface area (Å²) in [6.07, 6.45) is 5.06. The fraction of sp³-hybridized carbons (Fsp3) is 0.412. The first-order valence-electron chi connectivity index (χ1n) is 7.90. The molecule has 0 bridgehead atoms. The molecule has 1 aliphatic rings. The molecule has 1 aromatic carbocycles. The van der Waals surface area contributed by atoms with Crippen LogP contribution in [-0.2, 0) is 4.74 Å². The van der Waals surface area contributed by atoms with Gasteiger partial charge in [0, 0.05) is 19.8 Å². The molecule has 0 atom stereocenters. The highest BCUT2D eigenvalue weighted by Gasteiger charge is 2.20. The highest BCUT2D eigenvalue weighted by molar-refractivity contribution is 6.32. The fourth-order valence-electron chi connectivity index (χ4n) is 2.24. The van der Waals surface area contributed by atoms with Crippen molar-refractivity contribution in [3.8, 4) is 5.69 Å². The third-order valence-electron chi connectivity index (χ3n) is 3.75. The number of benzene rings is 1. The summed E-state index contributed by atoms with van der Waals surface area (Å²) in [6.45, 7) is 2.28. The second-order valence-corrected chi connectivity index (χ2v) is 6.10. The van der Waals surface area contributed by atoms with Crippen LogP contribution in [0.1, 0.15) is 19.3 Å². The van der Waals surface area contributed by atoms with E-state index in [4.69, 9.17) is 16.3 Å². The molecule has 0 aliphatic heterocycles. The Balaban J connectivity index is 1.55. The third-order valence-corrected chi connectivity index (χ3v) is 4.12. The highest BCUT2D eigenvalue weighted by atomic mass is 35.5. The van der Waals surface area contributed by atoms with Crippen LogP contribution in [0.3, 0.4) is 0 Å². The summed E-state index contributed by atoms with van der Waals surface area (Å²) in [6, 6.07) is 9.22. The number of hydrogen-bond acceptors (Lipinski definition) is 4. The van der Waals surface area contributed by atoms with Crippen LogP contribution >= 0.6 is 11.6 Å². The Morgan fingerprint density at radius 2 is 2.09 bits per heavy atom. The predicted octanol–water partition coefficient (Wildman–Crippen LogP) is 3.11. The lowest BCUT2D eigenvalue weighted by atomic mass is 10.3. The zero-order valence-corrected chi connectivity index (χ0v) is 13.6. The summed E-state index contributed by atoms with van der Waals surface area (Å²) in [4.78, 5) is 12.3. The Labute approximate surface area is 140 Å². The first kappa shape index (κ1) is 16.0. The predicted molar refractivity (Wildman–Crippen MR) is 91.5 cm³/mol. The lowest BCUT2D eigenvalue weighted by Gasteiger charge is -2.10. The van der Waals surface area contributed by atoms with Gasteiger partial charge in [0.1, 0.15) is 5.02 Å². The maximum atomic E-state index is 12.3. The molecule has 0 unspecified atom stereocenters. The molecule has 0 saturated heterocycles. The Kier molecular flexibility index (Phi) is 5.31. The third kappa shape index (κ3) is 4.33. The Morgan fingerprint density at radius 3 is 2.83 bits per heavy atom. The molecular formula is C17H20ClN3O2. The first-order valence-corrected chi connectivity index (χ1v) is 8.28. The van der Waals surface area contributed by atoms with Gasteiger partial charge in [-0.2, -0.15) is 9.78 Å². The maximum absolute atomic E-state index is 12.3. The van der Waals surface area contributed by atoms with Crippen LogP contribution in [0, 0.1) is 5.92 Å². The van der Waals surface area contributed by atoms with Crippen molar-refractivity contribution < 1.29 is 4.74 Å². The topological polar surface area (TPSA) is 56.1 Å².